The smallest absolute Gasteiger partial charge is 0.250 e. The molecule has 0 radical (unpaired) electrons. The molecule has 1 aliphatic heterocycles. The minimum absolute atomic E-state index is 0.0426. The van der Waals surface area contributed by atoms with Crippen LogP contribution >= 0.6 is 23.8 Å². The van der Waals surface area contributed by atoms with E-state index in [1.165, 1.54) is 24.1 Å². The van der Waals surface area contributed by atoms with Gasteiger partial charge in [-0.1, -0.05) is 17.7 Å². The fraction of sp³-hybridized carbons (Fsp3) is 0.320. The highest BCUT2D eigenvalue weighted by molar-refractivity contribution is 7.80. The highest BCUT2D eigenvalue weighted by atomic mass is 35.5. The zero-order chi connectivity index (χ0) is 24.4. The average Bonchev–Trinajstić information content (AvgIpc) is 3.30. The molecular weight excluding hydrogens is 470 g/mol. The van der Waals surface area contributed by atoms with Gasteiger partial charge in [0.05, 0.1) is 28.5 Å². The Morgan fingerprint density at radius 1 is 1.26 bits per heavy atom. The summed E-state index contributed by atoms with van der Waals surface area (Å²) in [4.78, 5) is 18.7. The molecule has 0 spiro atoms. The lowest BCUT2D eigenvalue weighted by Gasteiger charge is -2.28. The van der Waals surface area contributed by atoms with E-state index in [1.807, 2.05) is 30.3 Å². The fourth-order valence-electron chi connectivity index (χ4n) is 4.64. The number of carbonyl (C=O) groups is 1. The molecular formula is C25H28ClN5O2S. The lowest BCUT2D eigenvalue weighted by Crippen LogP contribution is -2.29. The van der Waals surface area contributed by atoms with Crippen LogP contribution in [0.1, 0.15) is 41.7 Å². The molecule has 0 aliphatic carbocycles. The lowest BCUT2D eigenvalue weighted by atomic mass is 9.96. The molecule has 1 saturated heterocycles. The Balaban J connectivity index is 1.78. The summed E-state index contributed by atoms with van der Waals surface area (Å²) in [5, 5.41) is 7.26. The molecule has 2 atom stereocenters. The first kappa shape index (κ1) is 24.2. The number of carbonyl (C=O) groups excluding carboxylic acids is 1. The first-order chi connectivity index (χ1) is 16.3. The molecule has 34 heavy (non-hydrogen) atoms. The molecule has 3 aromatic rings. The lowest BCUT2D eigenvalue weighted by molar-refractivity contribution is -0.119. The predicted octanol–water partition coefficient (Wildman–Crippen LogP) is 4.94. The van der Waals surface area contributed by atoms with E-state index < -0.39 is 0 Å². The number of hydrogen-bond donors (Lipinski definition) is 2. The molecule has 0 saturated carbocycles. The molecule has 2 N–H and O–H groups in total. The van der Waals surface area contributed by atoms with Crippen LogP contribution in [0.2, 0.25) is 5.02 Å². The normalized spacial score (nSPS) is 17.7. The molecule has 1 amide bonds. The van der Waals surface area contributed by atoms with Crippen LogP contribution in [0, 0.1) is 13.8 Å². The van der Waals surface area contributed by atoms with Gasteiger partial charge in [-0.3, -0.25) is 9.78 Å². The molecule has 2 unspecified atom stereocenters. The molecule has 1 fully saturated rings. The largest absolute Gasteiger partial charge is 0.375 e. The number of thiocarbonyl (C=S) groups is 1. The number of ether oxygens (including phenoxy) is 1. The zero-order valence-electron chi connectivity index (χ0n) is 19.6. The van der Waals surface area contributed by atoms with Crippen LogP contribution in [-0.4, -0.2) is 34.3 Å². The molecule has 1 aromatic carbocycles. The van der Waals surface area contributed by atoms with Crippen molar-refractivity contribution in [3.05, 3.63) is 76.3 Å². The zero-order valence-corrected chi connectivity index (χ0v) is 21.2. The van der Waals surface area contributed by atoms with Crippen LogP contribution in [0.15, 0.2) is 48.7 Å². The van der Waals surface area contributed by atoms with Crippen molar-refractivity contribution in [1.82, 2.24) is 14.9 Å². The van der Waals surface area contributed by atoms with Crippen LogP contribution in [0.3, 0.4) is 0 Å². The van der Waals surface area contributed by atoms with Crippen LogP contribution < -0.4 is 15.5 Å². The standard InChI is InChI=1S/C25H28ClN5O2S/c1-5-30-15(2)12-18(16(30)3)24-23(21-8-6-7-11-27-21)29-25(34)31(24)17-9-10-20(19(26)13-17)28-22(32)14-33-4/h6-13,23-24H,5,14H2,1-4H3,(H,28,32)(H,29,34). The second-order valence-corrected chi connectivity index (χ2v) is 9.01. The van der Waals surface area contributed by atoms with Gasteiger partial charge in [-0.25, -0.2) is 0 Å². The number of aryl methyl sites for hydroxylation is 1. The topological polar surface area (TPSA) is 71.4 Å². The van der Waals surface area contributed by atoms with E-state index in [-0.39, 0.29) is 24.6 Å². The number of aromatic nitrogens is 2. The number of benzene rings is 1. The van der Waals surface area contributed by atoms with Gasteiger partial charge >= 0.3 is 0 Å². The van der Waals surface area contributed by atoms with Crippen LogP contribution in [0.5, 0.6) is 0 Å². The van der Waals surface area contributed by atoms with Gasteiger partial charge in [-0.05, 0) is 75.0 Å². The van der Waals surface area contributed by atoms with Crippen molar-refractivity contribution >= 4 is 46.2 Å². The van der Waals surface area contributed by atoms with E-state index in [2.05, 4.69) is 51.9 Å². The Hall–Kier alpha value is -2.94. The third-order valence-corrected chi connectivity index (χ3v) is 6.75. The van der Waals surface area contributed by atoms with Gasteiger partial charge in [0.25, 0.3) is 0 Å². The molecule has 2 aromatic heterocycles. The molecule has 3 heterocycles. The van der Waals surface area contributed by atoms with E-state index in [0.717, 1.165) is 17.9 Å². The maximum Gasteiger partial charge on any atom is 0.250 e. The van der Waals surface area contributed by atoms with Gasteiger partial charge in [0.15, 0.2) is 5.11 Å². The number of anilines is 2. The number of nitrogens with zero attached hydrogens (tertiary/aromatic N) is 3. The van der Waals surface area contributed by atoms with Crippen LogP contribution in [0.4, 0.5) is 11.4 Å². The number of hydrogen-bond acceptors (Lipinski definition) is 4. The SMILES string of the molecule is CCn1c(C)cc(C2C(c3ccccn3)NC(=S)N2c2ccc(NC(=O)COC)c(Cl)c2)c1C. The number of rotatable bonds is 7. The Kier molecular flexibility index (Phi) is 7.21. The second kappa shape index (κ2) is 10.1. The molecule has 1 aliphatic rings. The number of pyridine rings is 1. The Morgan fingerprint density at radius 2 is 2.06 bits per heavy atom. The highest BCUT2D eigenvalue weighted by Crippen LogP contribution is 2.44. The molecule has 0 bridgehead atoms. The fourth-order valence-corrected chi connectivity index (χ4v) is 5.20. The van der Waals surface area contributed by atoms with E-state index >= 15 is 0 Å². The molecule has 178 valence electrons. The Morgan fingerprint density at radius 3 is 2.68 bits per heavy atom. The number of halogens is 1. The van der Waals surface area contributed by atoms with Crippen LogP contribution in [-0.2, 0) is 16.1 Å². The van der Waals surface area contributed by atoms with Crippen molar-refractivity contribution in [3.8, 4) is 0 Å². The Bertz CT molecular complexity index is 1210. The maximum atomic E-state index is 11.9. The van der Waals surface area contributed by atoms with Crippen molar-refractivity contribution in [2.75, 3.05) is 23.9 Å². The van der Waals surface area contributed by atoms with Gasteiger partial charge in [-0.2, -0.15) is 0 Å². The van der Waals surface area contributed by atoms with Crippen molar-refractivity contribution in [3.63, 3.8) is 0 Å². The first-order valence-corrected chi connectivity index (χ1v) is 11.9. The summed E-state index contributed by atoms with van der Waals surface area (Å²) in [5.41, 5.74) is 5.83. The van der Waals surface area contributed by atoms with Gasteiger partial charge in [0.2, 0.25) is 5.91 Å². The van der Waals surface area contributed by atoms with E-state index in [4.69, 9.17) is 28.6 Å². The van der Waals surface area contributed by atoms with Gasteiger partial charge in [-0.15, -0.1) is 0 Å². The van der Waals surface area contributed by atoms with Crippen LogP contribution in [0.25, 0.3) is 0 Å². The second-order valence-electron chi connectivity index (χ2n) is 8.21. The third kappa shape index (κ3) is 4.53. The third-order valence-electron chi connectivity index (χ3n) is 6.13. The summed E-state index contributed by atoms with van der Waals surface area (Å²) in [6.45, 7) is 7.25. The number of nitrogens with one attached hydrogen (secondary N) is 2. The van der Waals surface area contributed by atoms with Gasteiger partial charge < -0.3 is 24.8 Å². The van der Waals surface area contributed by atoms with E-state index in [9.17, 15) is 4.79 Å². The molecule has 9 heteroatoms. The summed E-state index contributed by atoms with van der Waals surface area (Å²) in [5.74, 6) is -0.268. The minimum Gasteiger partial charge on any atom is -0.375 e. The predicted molar refractivity (Wildman–Crippen MR) is 139 cm³/mol. The minimum atomic E-state index is -0.268. The summed E-state index contributed by atoms with van der Waals surface area (Å²) in [6.07, 6.45) is 1.80. The summed E-state index contributed by atoms with van der Waals surface area (Å²) >= 11 is 12.4. The van der Waals surface area contributed by atoms with Crippen molar-refractivity contribution < 1.29 is 9.53 Å². The van der Waals surface area contributed by atoms with Gasteiger partial charge in [0.1, 0.15) is 6.61 Å². The average molecular weight is 498 g/mol. The molecule has 4 rings (SSSR count). The highest BCUT2D eigenvalue weighted by Gasteiger charge is 2.42. The van der Waals surface area contributed by atoms with Crippen molar-refractivity contribution in [1.29, 1.82) is 0 Å². The quantitative estimate of drug-likeness (QED) is 0.451. The number of methoxy groups -OCH3 is 1. The van der Waals surface area contributed by atoms with E-state index in [0.29, 0.717) is 15.8 Å². The first-order valence-electron chi connectivity index (χ1n) is 11.1. The monoisotopic (exact) mass is 497 g/mol. The van der Waals surface area contributed by atoms with E-state index in [1.54, 1.807) is 12.3 Å². The Labute approximate surface area is 210 Å². The summed E-state index contributed by atoms with van der Waals surface area (Å²) in [6, 6.07) is 13.4. The maximum absolute atomic E-state index is 11.9. The number of amides is 1. The van der Waals surface area contributed by atoms with Crippen molar-refractivity contribution in [2.45, 2.75) is 39.4 Å². The molecule has 7 nitrogen and oxygen atoms in total. The summed E-state index contributed by atoms with van der Waals surface area (Å²) < 4.78 is 7.18. The van der Waals surface area contributed by atoms with Crippen molar-refractivity contribution in [2.24, 2.45) is 0 Å². The summed E-state index contributed by atoms with van der Waals surface area (Å²) in [7, 11) is 1.47. The van der Waals surface area contributed by atoms with Gasteiger partial charge in [0, 0.05) is 36.9 Å².